The number of carbonyl (C=O) groups excluding carboxylic acids is 1. The van der Waals surface area contributed by atoms with Gasteiger partial charge in [-0.1, -0.05) is 42.5 Å². The zero-order valence-electron chi connectivity index (χ0n) is 17.3. The van der Waals surface area contributed by atoms with Crippen LogP contribution in [0.5, 0.6) is 0 Å². The molecule has 3 rings (SSSR count). The molecule has 5 heteroatoms. The molecule has 2 aromatic rings. The van der Waals surface area contributed by atoms with Crippen molar-refractivity contribution in [1.29, 1.82) is 0 Å². The monoisotopic (exact) mass is 380 g/mol. The Morgan fingerprint density at radius 2 is 1.71 bits per heavy atom. The minimum Gasteiger partial charge on any atom is -0.370 e. The van der Waals surface area contributed by atoms with Gasteiger partial charge in [-0.25, -0.2) is 4.79 Å². The Bertz CT molecular complexity index is 762. The molecule has 5 nitrogen and oxygen atoms in total. The number of urea groups is 1. The topological polar surface area (TPSA) is 38.8 Å². The van der Waals surface area contributed by atoms with Crippen LogP contribution in [0.4, 0.5) is 10.5 Å². The lowest BCUT2D eigenvalue weighted by Crippen LogP contribution is -2.44. The second-order valence-electron chi connectivity index (χ2n) is 7.69. The molecule has 0 spiro atoms. The van der Waals surface area contributed by atoms with Gasteiger partial charge in [0.1, 0.15) is 0 Å². The number of rotatable bonds is 5. The molecular formula is C23H32N4O. The summed E-state index contributed by atoms with van der Waals surface area (Å²) in [5.74, 6) is 0. The van der Waals surface area contributed by atoms with E-state index in [9.17, 15) is 4.79 Å². The highest BCUT2D eigenvalue weighted by molar-refractivity contribution is 5.74. The number of anilines is 1. The van der Waals surface area contributed by atoms with E-state index in [0.29, 0.717) is 6.54 Å². The summed E-state index contributed by atoms with van der Waals surface area (Å²) >= 11 is 0. The highest BCUT2D eigenvalue weighted by Gasteiger charge is 2.22. The van der Waals surface area contributed by atoms with E-state index in [2.05, 4.69) is 84.7 Å². The molecule has 1 fully saturated rings. The molecule has 0 bridgehead atoms. The normalized spacial score (nSPS) is 16.0. The van der Waals surface area contributed by atoms with Crippen LogP contribution in [-0.2, 0) is 0 Å². The Labute approximate surface area is 168 Å². The first kappa shape index (κ1) is 20.2. The molecule has 1 atom stereocenters. The van der Waals surface area contributed by atoms with Crippen LogP contribution in [0, 0.1) is 6.92 Å². The van der Waals surface area contributed by atoms with E-state index in [1.807, 2.05) is 11.0 Å². The Balaban J connectivity index is 1.57. The molecule has 1 N–H and O–H groups in total. The summed E-state index contributed by atoms with van der Waals surface area (Å²) in [5.41, 5.74) is 3.75. The zero-order valence-corrected chi connectivity index (χ0v) is 17.3. The summed E-state index contributed by atoms with van der Waals surface area (Å²) in [6, 6.07) is 19.0. The fourth-order valence-electron chi connectivity index (χ4n) is 3.84. The van der Waals surface area contributed by atoms with E-state index < -0.39 is 0 Å². The highest BCUT2D eigenvalue weighted by atomic mass is 16.2. The van der Waals surface area contributed by atoms with Crippen molar-refractivity contribution in [3.05, 3.63) is 65.7 Å². The van der Waals surface area contributed by atoms with Gasteiger partial charge in [-0.3, -0.25) is 0 Å². The van der Waals surface area contributed by atoms with Crippen molar-refractivity contribution in [3.63, 3.8) is 0 Å². The molecular weight excluding hydrogens is 348 g/mol. The molecule has 1 aliphatic heterocycles. The minimum atomic E-state index is 0.0374. The van der Waals surface area contributed by atoms with Crippen molar-refractivity contribution < 1.29 is 4.79 Å². The zero-order chi connectivity index (χ0) is 19.9. The largest absolute Gasteiger partial charge is 0.370 e. The third-order valence-electron chi connectivity index (χ3n) is 5.52. The van der Waals surface area contributed by atoms with Crippen LogP contribution < -0.4 is 10.2 Å². The lowest BCUT2D eigenvalue weighted by Gasteiger charge is -2.28. The summed E-state index contributed by atoms with van der Waals surface area (Å²) in [6.45, 7) is 6.13. The molecule has 28 heavy (non-hydrogen) atoms. The van der Waals surface area contributed by atoms with Crippen molar-refractivity contribution >= 4 is 11.7 Å². The van der Waals surface area contributed by atoms with Crippen LogP contribution in [0.2, 0.25) is 0 Å². The van der Waals surface area contributed by atoms with Gasteiger partial charge in [0.05, 0.1) is 6.04 Å². The average Bonchev–Trinajstić information content (AvgIpc) is 2.96. The van der Waals surface area contributed by atoms with Crippen LogP contribution in [0.25, 0.3) is 0 Å². The Hall–Kier alpha value is -2.53. The van der Waals surface area contributed by atoms with Crippen molar-refractivity contribution in [1.82, 2.24) is 15.1 Å². The highest BCUT2D eigenvalue weighted by Crippen LogP contribution is 2.21. The maximum absolute atomic E-state index is 12.8. The number of para-hydroxylation sites is 1. The summed E-state index contributed by atoms with van der Waals surface area (Å²) in [4.78, 5) is 19.3. The number of likely N-dealkylation sites (N-methyl/N-ethyl adjacent to an activating group) is 1. The van der Waals surface area contributed by atoms with Gasteiger partial charge in [0.25, 0.3) is 0 Å². The maximum atomic E-state index is 12.8. The van der Waals surface area contributed by atoms with Crippen molar-refractivity contribution in [2.45, 2.75) is 19.4 Å². The Kier molecular flexibility index (Phi) is 6.93. The van der Waals surface area contributed by atoms with E-state index in [-0.39, 0.29) is 12.1 Å². The van der Waals surface area contributed by atoms with E-state index in [4.69, 9.17) is 0 Å². The van der Waals surface area contributed by atoms with Crippen molar-refractivity contribution in [2.75, 3.05) is 51.7 Å². The summed E-state index contributed by atoms with van der Waals surface area (Å²) in [5, 5.41) is 3.17. The lowest BCUT2D eigenvalue weighted by molar-refractivity contribution is 0.195. The van der Waals surface area contributed by atoms with E-state index in [1.165, 1.54) is 16.8 Å². The van der Waals surface area contributed by atoms with Gasteiger partial charge in [0.2, 0.25) is 0 Å². The van der Waals surface area contributed by atoms with Gasteiger partial charge in [0.15, 0.2) is 0 Å². The van der Waals surface area contributed by atoms with Crippen LogP contribution in [0.1, 0.15) is 23.6 Å². The number of hydrogen-bond donors (Lipinski definition) is 1. The maximum Gasteiger partial charge on any atom is 0.317 e. The second-order valence-corrected chi connectivity index (χ2v) is 7.69. The SMILES string of the molecule is Cc1ccccc1[C@H](CNC(=O)N1CCCN(c2ccccc2)CC1)N(C)C. The molecule has 1 heterocycles. The molecule has 1 aliphatic rings. The molecule has 0 aliphatic carbocycles. The quantitative estimate of drug-likeness (QED) is 0.863. The van der Waals surface area contributed by atoms with Crippen LogP contribution in [0.3, 0.4) is 0 Å². The van der Waals surface area contributed by atoms with Gasteiger partial charge in [-0.2, -0.15) is 0 Å². The second kappa shape index (κ2) is 9.60. The van der Waals surface area contributed by atoms with Crippen molar-refractivity contribution in [2.24, 2.45) is 0 Å². The fraction of sp³-hybridized carbons (Fsp3) is 0.435. The number of nitrogens with zero attached hydrogens (tertiary/aromatic N) is 3. The first-order chi connectivity index (χ1) is 13.6. The molecule has 0 radical (unpaired) electrons. The van der Waals surface area contributed by atoms with Crippen LogP contribution in [-0.4, -0.2) is 62.7 Å². The number of benzene rings is 2. The van der Waals surface area contributed by atoms with Gasteiger partial charge in [-0.05, 0) is 50.7 Å². The van der Waals surface area contributed by atoms with E-state index in [0.717, 1.165) is 32.6 Å². The first-order valence-corrected chi connectivity index (χ1v) is 10.1. The summed E-state index contributed by atoms with van der Waals surface area (Å²) in [6.07, 6.45) is 0.983. The molecule has 1 saturated heterocycles. The molecule has 150 valence electrons. The minimum absolute atomic E-state index is 0.0374. The third kappa shape index (κ3) is 5.04. The van der Waals surface area contributed by atoms with Gasteiger partial charge < -0.3 is 20.0 Å². The number of amides is 2. The summed E-state index contributed by atoms with van der Waals surface area (Å²) < 4.78 is 0. The smallest absolute Gasteiger partial charge is 0.317 e. The average molecular weight is 381 g/mol. The van der Waals surface area contributed by atoms with Crippen molar-refractivity contribution in [3.8, 4) is 0 Å². The fourth-order valence-corrected chi connectivity index (χ4v) is 3.84. The number of carbonyl (C=O) groups is 1. The summed E-state index contributed by atoms with van der Waals surface area (Å²) in [7, 11) is 4.12. The number of nitrogens with one attached hydrogen (secondary N) is 1. The predicted molar refractivity (Wildman–Crippen MR) is 116 cm³/mol. The molecule has 0 aromatic heterocycles. The van der Waals surface area contributed by atoms with Gasteiger partial charge in [-0.15, -0.1) is 0 Å². The third-order valence-corrected chi connectivity index (χ3v) is 5.52. The Morgan fingerprint density at radius 3 is 2.43 bits per heavy atom. The van der Waals surface area contributed by atoms with E-state index >= 15 is 0 Å². The first-order valence-electron chi connectivity index (χ1n) is 10.1. The van der Waals surface area contributed by atoms with Gasteiger partial charge in [0, 0.05) is 38.4 Å². The molecule has 0 unspecified atom stereocenters. The van der Waals surface area contributed by atoms with Crippen LogP contribution >= 0.6 is 0 Å². The lowest BCUT2D eigenvalue weighted by atomic mass is 10.0. The Morgan fingerprint density at radius 1 is 1.00 bits per heavy atom. The standard InChI is InChI=1S/C23H32N4O/c1-19-10-7-8-13-21(19)22(25(2)3)18-24-23(28)27-15-9-14-26(16-17-27)20-11-5-4-6-12-20/h4-8,10-13,22H,9,14-18H2,1-3H3,(H,24,28)/t22-/m0/s1. The van der Waals surface area contributed by atoms with E-state index in [1.54, 1.807) is 0 Å². The predicted octanol–water partition coefficient (Wildman–Crippen LogP) is 3.52. The number of hydrogen-bond acceptors (Lipinski definition) is 3. The molecule has 2 aromatic carbocycles. The van der Waals surface area contributed by atoms with Crippen LogP contribution in [0.15, 0.2) is 54.6 Å². The number of aryl methyl sites for hydroxylation is 1. The van der Waals surface area contributed by atoms with Gasteiger partial charge >= 0.3 is 6.03 Å². The molecule has 2 amide bonds. The molecule has 0 saturated carbocycles.